The predicted molar refractivity (Wildman–Crippen MR) is 73.4 cm³/mol. The standard InChI is InChI=1S/C14H28N2O2/c1-2-14(18)13(15-12-17)8-4-7-11-16-9-5-3-6-10-16/h13,15,17H,2-12H2,1H3/t13-/m0/s1. The van der Waals surface area contributed by atoms with Crippen molar-refractivity contribution in [2.45, 2.75) is 57.9 Å². The van der Waals surface area contributed by atoms with E-state index in [0.29, 0.717) is 6.42 Å². The van der Waals surface area contributed by atoms with E-state index in [-0.39, 0.29) is 18.6 Å². The Morgan fingerprint density at radius 3 is 2.61 bits per heavy atom. The largest absolute Gasteiger partial charge is 0.381 e. The maximum atomic E-state index is 11.6. The van der Waals surface area contributed by atoms with Crippen LogP contribution in [-0.2, 0) is 4.79 Å². The molecular weight excluding hydrogens is 228 g/mol. The number of likely N-dealkylation sites (tertiary alicyclic amines) is 1. The van der Waals surface area contributed by atoms with Crippen molar-refractivity contribution >= 4 is 5.78 Å². The number of carbonyl (C=O) groups excluding carboxylic acids is 1. The number of piperidine rings is 1. The zero-order chi connectivity index (χ0) is 13.2. The van der Waals surface area contributed by atoms with Gasteiger partial charge in [0, 0.05) is 6.42 Å². The van der Waals surface area contributed by atoms with Gasteiger partial charge in [0.15, 0.2) is 0 Å². The van der Waals surface area contributed by atoms with E-state index < -0.39 is 0 Å². The lowest BCUT2D eigenvalue weighted by Crippen LogP contribution is -2.37. The smallest absolute Gasteiger partial charge is 0.149 e. The Balaban J connectivity index is 2.11. The van der Waals surface area contributed by atoms with Gasteiger partial charge in [-0.3, -0.25) is 10.1 Å². The summed E-state index contributed by atoms with van der Waals surface area (Å²) in [6, 6.07) is -0.152. The molecule has 1 fully saturated rings. The van der Waals surface area contributed by atoms with Crippen LogP contribution >= 0.6 is 0 Å². The lowest BCUT2D eigenvalue weighted by atomic mass is 10.0. The Morgan fingerprint density at radius 2 is 2.00 bits per heavy atom. The molecule has 0 amide bonds. The fraction of sp³-hybridized carbons (Fsp3) is 0.929. The Kier molecular flexibility index (Phi) is 8.22. The number of ketones is 1. The summed E-state index contributed by atoms with van der Waals surface area (Å²) in [7, 11) is 0. The van der Waals surface area contributed by atoms with E-state index in [1.165, 1.54) is 32.4 Å². The van der Waals surface area contributed by atoms with E-state index in [1.54, 1.807) is 0 Å². The van der Waals surface area contributed by atoms with Crippen molar-refractivity contribution in [1.82, 2.24) is 10.2 Å². The van der Waals surface area contributed by atoms with Crippen LogP contribution in [-0.4, -0.2) is 48.2 Å². The Morgan fingerprint density at radius 1 is 1.28 bits per heavy atom. The lowest BCUT2D eigenvalue weighted by Gasteiger charge is -2.26. The van der Waals surface area contributed by atoms with Crippen molar-refractivity contribution in [3.8, 4) is 0 Å². The molecule has 0 spiro atoms. The second kappa shape index (κ2) is 9.48. The molecule has 18 heavy (non-hydrogen) atoms. The summed E-state index contributed by atoms with van der Waals surface area (Å²) in [4.78, 5) is 14.1. The van der Waals surface area contributed by atoms with Crippen molar-refractivity contribution in [2.24, 2.45) is 0 Å². The van der Waals surface area contributed by atoms with Gasteiger partial charge in [-0.1, -0.05) is 19.8 Å². The van der Waals surface area contributed by atoms with Crippen molar-refractivity contribution in [3.63, 3.8) is 0 Å². The summed E-state index contributed by atoms with van der Waals surface area (Å²) in [6.45, 7) is 5.41. The number of aliphatic hydroxyl groups is 1. The zero-order valence-corrected chi connectivity index (χ0v) is 11.7. The Hall–Kier alpha value is -0.450. The SMILES string of the molecule is CCC(=O)[C@H](CCCCN1CCCCC1)NCO. The molecule has 0 bridgehead atoms. The number of hydrogen-bond acceptors (Lipinski definition) is 4. The predicted octanol–water partition coefficient (Wildman–Crippen LogP) is 1.53. The number of Topliss-reactive ketones (excluding diaryl/α,β-unsaturated/α-hetero) is 1. The highest BCUT2D eigenvalue weighted by Crippen LogP contribution is 2.11. The lowest BCUT2D eigenvalue weighted by molar-refractivity contribution is -0.121. The average molecular weight is 256 g/mol. The molecule has 1 aliphatic rings. The van der Waals surface area contributed by atoms with Gasteiger partial charge in [0.1, 0.15) is 5.78 Å². The summed E-state index contributed by atoms with van der Waals surface area (Å²) >= 11 is 0. The van der Waals surface area contributed by atoms with Gasteiger partial charge in [-0.25, -0.2) is 0 Å². The zero-order valence-electron chi connectivity index (χ0n) is 11.7. The molecule has 1 saturated heterocycles. The average Bonchev–Trinajstić information content (AvgIpc) is 2.42. The van der Waals surface area contributed by atoms with Crippen molar-refractivity contribution in [2.75, 3.05) is 26.4 Å². The van der Waals surface area contributed by atoms with Gasteiger partial charge in [-0.2, -0.15) is 0 Å². The number of rotatable bonds is 9. The van der Waals surface area contributed by atoms with Gasteiger partial charge in [0.25, 0.3) is 0 Å². The third-order valence-corrected chi connectivity index (χ3v) is 3.74. The van der Waals surface area contributed by atoms with Crippen molar-refractivity contribution < 1.29 is 9.90 Å². The molecule has 4 nitrogen and oxygen atoms in total. The Bertz CT molecular complexity index is 228. The number of nitrogens with zero attached hydrogens (tertiary/aromatic N) is 1. The van der Waals surface area contributed by atoms with Crippen LogP contribution in [0.25, 0.3) is 0 Å². The van der Waals surface area contributed by atoms with Crippen LogP contribution in [0.1, 0.15) is 51.9 Å². The molecule has 2 N–H and O–H groups in total. The highest BCUT2D eigenvalue weighted by Gasteiger charge is 2.15. The maximum absolute atomic E-state index is 11.6. The first-order valence-electron chi connectivity index (χ1n) is 7.37. The molecule has 0 aliphatic carbocycles. The van der Waals surface area contributed by atoms with E-state index in [9.17, 15) is 4.79 Å². The molecule has 106 valence electrons. The maximum Gasteiger partial charge on any atom is 0.149 e. The number of aliphatic hydroxyl groups excluding tert-OH is 1. The highest BCUT2D eigenvalue weighted by molar-refractivity contribution is 5.83. The van der Waals surface area contributed by atoms with Crippen LogP contribution in [0.3, 0.4) is 0 Å². The summed E-state index contributed by atoms with van der Waals surface area (Å²) in [5.74, 6) is 0.210. The second-order valence-corrected chi connectivity index (χ2v) is 5.13. The van der Waals surface area contributed by atoms with Gasteiger partial charge in [0.05, 0.1) is 12.8 Å². The summed E-state index contributed by atoms with van der Waals surface area (Å²) in [5.41, 5.74) is 0. The molecule has 0 unspecified atom stereocenters. The van der Waals surface area contributed by atoms with Gasteiger partial charge >= 0.3 is 0 Å². The normalized spacial score (nSPS) is 18.8. The van der Waals surface area contributed by atoms with Crippen molar-refractivity contribution in [1.29, 1.82) is 0 Å². The summed E-state index contributed by atoms with van der Waals surface area (Å²) in [5, 5.41) is 11.7. The number of carbonyl (C=O) groups is 1. The molecule has 1 heterocycles. The van der Waals surface area contributed by atoms with Crippen LogP contribution < -0.4 is 5.32 Å². The minimum absolute atomic E-state index is 0.109. The molecular formula is C14H28N2O2. The number of unbranched alkanes of at least 4 members (excludes halogenated alkanes) is 1. The van der Waals surface area contributed by atoms with Gasteiger partial charge in [-0.05, 0) is 45.3 Å². The molecule has 4 heteroatoms. The quantitative estimate of drug-likeness (QED) is 0.485. The first kappa shape index (κ1) is 15.6. The molecule has 0 aromatic heterocycles. The second-order valence-electron chi connectivity index (χ2n) is 5.13. The first-order valence-corrected chi connectivity index (χ1v) is 7.37. The first-order chi connectivity index (χ1) is 8.77. The monoisotopic (exact) mass is 256 g/mol. The van der Waals surface area contributed by atoms with Gasteiger partial charge in [-0.15, -0.1) is 0 Å². The van der Waals surface area contributed by atoms with Gasteiger partial charge < -0.3 is 10.0 Å². The third kappa shape index (κ3) is 5.94. The topological polar surface area (TPSA) is 52.6 Å². The van der Waals surface area contributed by atoms with E-state index in [0.717, 1.165) is 25.8 Å². The van der Waals surface area contributed by atoms with E-state index >= 15 is 0 Å². The van der Waals surface area contributed by atoms with Crippen molar-refractivity contribution in [3.05, 3.63) is 0 Å². The minimum atomic E-state index is -0.152. The van der Waals surface area contributed by atoms with Crippen LogP contribution in [0, 0.1) is 0 Å². The van der Waals surface area contributed by atoms with Crippen LogP contribution in [0.4, 0.5) is 0 Å². The van der Waals surface area contributed by atoms with Gasteiger partial charge in [0.2, 0.25) is 0 Å². The Labute approximate surface area is 111 Å². The summed E-state index contributed by atoms with van der Waals surface area (Å²) in [6.07, 6.45) is 7.65. The van der Waals surface area contributed by atoms with Crippen LogP contribution in [0.2, 0.25) is 0 Å². The highest BCUT2D eigenvalue weighted by atomic mass is 16.3. The molecule has 0 aromatic rings. The molecule has 0 aromatic carbocycles. The number of hydrogen-bond donors (Lipinski definition) is 2. The third-order valence-electron chi connectivity index (χ3n) is 3.74. The summed E-state index contributed by atoms with van der Waals surface area (Å²) < 4.78 is 0. The van der Waals surface area contributed by atoms with Crippen LogP contribution in [0.5, 0.6) is 0 Å². The van der Waals surface area contributed by atoms with E-state index in [4.69, 9.17) is 5.11 Å². The molecule has 0 saturated carbocycles. The molecule has 1 atom stereocenters. The molecule has 1 aliphatic heterocycles. The van der Waals surface area contributed by atoms with E-state index in [2.05, 4.69) is 10.2 Å². The number of nitrogens with one attached hydrogen (secondary N) is 1. The molecule has 0 radical (unpaired) electrons. The fourth-order valence-electron chi connectivity index (χ4n) is 2.60. The van der Waals surface area contributed by atoms with E-state index in [1.807, 2.05) is 6.92 Å². The minimum Gasteiger partial charge on any atom is -0.381 e. The van der Waals surface area contributed by atoms with Crippen LogP contribution in [0.15, 0.2) is 0 Å². The molecule has 1 rings (SSSR count). The fourth-order valence-corrected chi connectivity index (χ4v) is 2.60.